The van der Waals surface area contributed by atoms with E-state index in [0.717, 1.165) is 34.6 Å². The largest absolute Gasteiger partial charge is 0.374 e. The zero-order chi connectivity index (χ0) is 25.4. The van der Waals surface area contributed by atoms with Crippen molar-refractivity contribution in [3.63, 3.8) is 0 Å². The molecule has 0 radical (unpaired) electrons. The molecular formula is C24H21F2N5O4S. The summed E-state index contributed by atoms with van der Waals surface area (Å²) in [5.41, 5.74) is 2.71. The number of aromatic nitrogens is 1. The monoisotopic (exact) mass is 513 g/mol. The zero-order valence-electron chi connectivity index (χ0n) is 18.8. The van der Waals surface area contributed by atoms with E-state index in [-0.39, 0.29) is 35.3 Å². The molecule has 4 amide bonds. The highest BCUT2D eigenvalue weighted by Crippen LogP contribution is 2.35. The smallest absolute Gasteiger partial charge is 0.321 e. The lowest BCUT2D eigenvalue weighted by molar-refractivity contribution is -0.141. The SMILES string of the molecule is O=C1CCC(N2Cc3cc(CNC(=O)Nc4nc(-c5ccc(F)cc5F)cs4)ccc3C2O)C(=O)N1. The molecule has 1 aromatic heterocycles. The number of anilines is 1. The van der Waals surface area contributed by atoms with Gasteiger partial charge in [0.1, 0.15) is 17.9 Å². The molecule has 1 saturated heterocycles. The van der Waals surface area contributed by atoms with Crippen molar-refractivity contribution < 1.29 is 28.3 Å². The minimum Gasteiger partial charge on any atom is -0.374 e. The molecule has 2 aliphatic heterocycles. The second kappa shape index (κ2) is 9.72. The Kier molecular flexibility index (Phi) is 6.48. The molecule has 0 bridgehead atoms. The van der Waals surface area contributed by atoms with E-state index < -0.39 is 35.8 Å². The van der Waals surface area contributed by atoms with Crippen LogP contribution in [0.15, 0.2) is 41.8 Å². The number of amides is 4. The number of rotatable bonds is 5. The van der Waals surface area contributed by atoms with Gasteiger partial charge in [-0.2, -0.15) is 0 Å². The maximum atomic E-state index is 14.0. The summed E-state index contributed by atoms with van der Waals surface area (Å²) in [6.07, 6.45) is -0.393. The third-order valence-electron chi connectivity index (χ3n) is 6.15. The third kappa shape index (κ3) is 4.83. The maximum absolute atomic E-state index is 14.0. The Morgan fingerprint density at radius 2 is 2.06 bits per heavy atom. The average Bonchev–Trinajstić information content (AvgIpc) is 3.42. The van der Waals surface area contributed by atoms with Gasteiger partial charge in [0.05, 0.1) is 11.7 Å². The molecule has 4 N–H and O–H groups in total. The lowest BCUT2D eigenvalue weighted by Gasteiger charge is -2.31. The van der Waals surface area contributed by atoms with Gasteiger partial charge in [-0.15, -0.1) is 11.3 Å². The summed E-state index contributed by atoms with van der Waals surface area (Å²) < 4.78 is 27.1. The fourth-order valence-electron chi connectivity index (χ4n) is 4.37. The van der Waals surface area contributed by atoms with E-state index in [1.54, 1.807) is 22.4 Å². The molecular weight excluding hydrogens is 492 g/mol. The summed E-state index contributed by atoms with van der Waals surface area (Å²) in [5, 5.41) is 20.1. The number of urea groups is 1. The van der Waals surface area contributed by atoms with E-state index in [4.69, 9.17) is 0 Å². The Bertz CT molecular complexity index is 1360. The number of hydrogen-bond acceptors (Lipinski definition) is 7. The Morgan fingerprint density at radius 3 is 2.83 bits per heavy atom. The first-order valence-electron chi connectivity index (χ1n) is 11.1. The third-order valence-corrected chi connectivity index (χ3v) is 6.91. The number of benzene rings is 2. The molecule has 1 fully saturated rings. The minimum atomic E-state index is -0.959. The molecule has 5 rings (SSSR count). The van der Waals surface area contributed by atoms with Crippen LogP contribution in [0.25, 0.3) is 11.3 Å². The molecule has 3 aromatic rings. The number of fused-ring (bicyclic) bond motifs is 1. The molecule has 186 valence electrons. The van der Waals surface area contributed by atoms with Crippen LogP contribution in [0.1, 0.15) is 35.8 Å². The first-order valence-corrected chi connectivity index (χ1v) is 12.0. The predicted molar refractivity (Wildman–Crippen MR) is 126 cm³/mol. The Hall–Kier alpha value is -3.74. The number of carbonyl (C=O) groups excluding carboxylic acids is 3. The number of nitrogens with one attached hydrogen (secondary N) is 3. The van der Waals surface area contributed by atoms with Crippen LogP contribution in [0, 0.1) is 11.6 Å². The standard InChI is InChI=1S/C24H21F2N5O4S/c25-14-2-4-16(17(26)8-14)18-11-36-24(28-18)30-23(35)27-9-12-1-3-15-13(7-12)10-31(22(15)34)19-5-6-20(32)29-21(19)33/h1-4,7-8,11,19,22,34H,5-6,9-10H2,(H,29,32,33)(H2,27,28,30,35). The van der Waals surface area contributed by atoms with Gasteiger partial charge >= 0.3 is 6.03 Å². The van der Waals surface area contributed by atoms with Crippen LogP contribution in [0.4, 0.5) is 18.7 Å². The quantitative estimate of drug-likeness (QED) is 0.389. The molecule has 0 aliphatic carbocycles. The summed E-state index contributed by atoms with van der Waals surface area (Å²) in [4.78, 5) is 41.8. The summed E-state index contributed by atoms with van der Waals surface area (Å²) in [6.45, 7) is 0.531. The van der Waals surface area contributed by atoms with Crippen molar-refractivity contribution in [3.8, 4) is 11.3 Å². The van der Waals surface area contributed by atoms with E-state index in [0.29, 0.717) is 18.5 Å². The minimum absolute atomic E-state index is 0.132. The summed E-state index contributed by atoms with van der Waals surface area (Å²) in [5.74, 6) is -2.15. The van der Waals surface area contributed by atoms with Gasteiger partial charge in [0.2, 0.25) is 11.8 Å². The molecule has 0 saturated carbocycles. The van der Waals surface area contributed by atoms with Crippen molar-refractivity contribution in [2.24, 2.45) is 0 Å². The molecule has 2 aromatic carbocycles. The lowest BCUT2D eigenvalue weighted by atomic mass is 10.0. The second-order valence-electron chi connectivity index (χ2n) is 8.52. The number of aliphatic hydroxyl groups excluding tert-OH is 1. The van der Waals surface area contributed by atoms with Gasteiger partial charge in [-0.1, -0.05) is 18.2 Å². The Morgan fingerprint density at radius 1 is 1.22 bits per heavy atom. The van der Waals surface area contributed by atoms with E-state index in [2.05, 4.69) is 20.9 Å². The van der Waals surface area contributed by atoms with Crippen LogP contribution in [0.5, 0.6) is 0 Å². The first kappa shape index (κ1) is 24.0. The van der Waals surface area contributed by atoms with Gasteiger partial charge in [-0.25, -0.2) is 18.6 Å². The second-order valence-corrected chi connectivity index (χ2v) is 9.37. The van der Waals surface area contributed by atoms with Gasteiger partial charge in [-0.05, 0) is 35.2 Å². The molecule has 3 heterocycles. The van der Waals surface area contributed by atoms with Gasteiger partial charge < -0.3 is 10.4 Å². The number of thiazole rings is 1. The van der Waals surface area contributed by atoms with Crippen LogP contribution < -0.4 is 16.0 Å². The predicted octanol–water partition coefficient (Wildman–Crippen LogP) is 3.02. The number of imide groups is 1. The average molecular weight is 514 g/mol. The van der Waals surface area contributed by atoms with Crippen molar-refractivity contribution in [1.29, 1.82) is 0 Å². The van der Waals surface area contributed by atoms with E-state index in [9.17, 15) is 28.3 Å². The number of carbonyl (C=O) groups is 3. The van der Waals surface area contributed by atoms with Crippen molar-refractivity contribution in [1.82, 2.24) is 20.5 Å². The molecule has 2 aliphatic rings. The molecule has 12 heteroatoms. The fraction of sp³-hybridized carbons (Fsp3) is 0.250. The molecule has 36 heavy (non-hydrogen) atoms. The highest BCUT2D eigenvalue weighted by Gasteiger charge is 2.39. The van der Waals surface area contributed by atoms with Gasteiger partial charge in [0.15, 0.2) is 5.13 Å². The lowest BCUT2D eigenvalue weighted by Crippen LogP contribution is -2.51. The van der Waals surface area contributed by atoms with Gasteiger partial charge in [-0.3, -0.25) is 25.1 Å². The molecule has 9 nitrogen and oxygen atoms in total. The normalized spacial score (nSPS) is 19.6. The molecule has 0 spiro atoms. The number of halogens is 2. The number of piperidine rings is 1. The maximum Gasteiger partial charge on any atom is 0.321 e. The van der Waals surface area contributed by atoms with Crippen molar-refractivity contribution >= 4 is 34.3 Å². The highest BCUT2D eigenvalue weighted by atomic mass is 32.1. The van der Waals surface area contributed by atoms with Crippen molar-refractivity contribution in [3.05, 3.63) is 70.1 Å². The van der Waals surface area contributed by atoms with E-state index >= 15 is 0 Å². The van der Waals surface area contributed by atoms with Crippen molar-refractivity contribution in [2.45, 2.75) is 38.2 Å². The summed E-state index contributed by atoms with van der Waals surface area (Å²) in [7, 11) is 0. The topological polar surface area (TPSA) is 124 Å². The van der Waals surface area contributed by atoms with Crippen LogP contribution in [-0.4, -0.2) is 38.9 Å². The van der Waals surface area contributed by atoms with E-state index in [1.807, 2.05) is 6.07 Å². The van der Waals surface area contributed by atoms with Crippen LogP contribution in [-0.2, 0) is 22.7 Å². The highest BCUT2D eigenvalue weighted by molar-refractivity contribution is 7.14. The van der Waals surface area contributed by atoms with E-state index in [1.165, 1.54) is 6.07 Å². The molecule has 2 unspecified atom stereocenters. The van der Waals surface area contributed by atoms with Gasteiger partial charge in [0.25, 0.3) is 0 Å². The van der Waals surface area contributed by atoms with Crippen LogP contribution >= 0.6 is 11.3 Å². The first-order chi connectivity index (χ1) is 17.3. The Labute approximate surface area is 208 Å². The van der Waals surface area contributed by atoms with Crippen LogP contribution in [0.3, 0.4) is 0 Å². The van der Waals surface area contributed by atoms with Gasteiger partial charge in [0, 0.05) is 36.5 Å². The number of hydrogen-bond donors (Lipinski definition) is 4. The van der Waals surface area contributed by atoms with Crippen LogP contribution in [0.2, 0.25) is 0 Å². The zero-order valence-corrected chi connectivity index (χ0v) is 19.6. The molecule has 2 atom stereocenters. The summed E-state index contributed by atoms with van der Waals surface area (Å²) >= 11 is 1.11. The number of aliphatic hydroxyl groups is 1. The fourth-order valence-corrected chi connectivity index (χ4v) is 5.08. The Balaban J connectivity index is 1.18. The summed E-state index contributed by atoms with van der Waals surface area (Å²) in [6, 6.07) is 7.47. The van der Waals surface area contributed by atoms with Crippen molar-refractivity contribution in [2.75, 3.05) is 5.32 Å². The number of nitrogens with zero attached hydrogens (tertiary/aromatic N) is 2.